The zero-order valence-electron chi connectivity index (χ0n) is 14.3. The fourth-order valence-electron chi connectivity index (χ4n) is 2.60. The summed E-state index contributed by atoms with van der Waals surface area (Å²) >= 11 is 0. The molecule has 0 bridgehead atoms. The van der Waals surface area contributed by atoms with Crippen molar-refractivity contribution < 1.29 is 9.13 Å². The number of para-hydroxylation sites is 1. The monoisotopic (exact) mass is 316 g/mol. The molecule has 0 saturated carbocycles. The third-order valence-corrected chi connectivity index (χ3v) is 3.81. The minimum atomic E-state index is -0.153. The van der Waals surface area contributed by atoms with Crippen molar-refractivity contribution in [3.05, 3.63) is 65.0 Å². The van der Waals surface area contributed by atoms with Crippen LogP contribution in [0.2, 0.25) is 0 Å². The van der Waals surface area contributed by atoms with Crippen LogP contribution in [0.25, 0.3) is 0 Å². The van der Waals surface area contributed by atoms with E-state index in [1.54, 1.807) is 13.2 Å². The van der Waals surface area contributed by atoms with Crippen molar-refractivity contribution in [2.24, 2.45) is 0 Å². The quantitative estimate of drug-likeness (QED) is 0.842. The Balaban J connectivity index is 2.05. The topological polar surface area (TPSA) is 24.5 Å². The summed E-state index contributed by atoms with van der Waals surface area (Å²) in [5.74, 6) is 0.722. The molecule has 0 amide bonds. The molecule has 1 N–H and O–H groups in total. The van der Waals surface area contributed by atoms with Gasteiger partial charge >= 0.3 is 0 Å². The number of nitrogens with zero attached hydrogens (tertiary/aromatic N) is 1. The predicted molar refractivity (Wildman–Crippen MR) is 92.0 cm³/mol. The lowest BCUT2D eigenvalue weighted by atomic mass is 10.1. The molecule has 2 aromatic rings. The SMILES string of the molecule is COc1ccccc1C(C)NCc1ccc(F)c(CN(C)C)c1. The maximum atomic E-state index is 13.8. The molecule has 4 heteroatoms. The largest absolute Gasteiger partial charge is 0.496 e. The highest BCUT2D eigenvalue weighted by Crippen LogP contribution is 2.24. The number of hydrogen-bond donors (Lipinski definition) is 1. The van der Waals surface area contributed by atoms with E-state index in [0.717, 1.165) is 22.4 Å². The Hall–Kier alpha value is -1.91. The second-order valence-electron chi connectivity index (χ2n) is 6.01. The normalized spacial score (nSPS) is 12.4. The number of ether oxygens (including phenoxy) is 1. The molecule has 2 aromatic carbocycles. The summed E-state index contributed by atoms with van der Waals surface area (Å²) in [6.45, 7) is 3.38. The number of rotatable bonds is 7. The predicted octanol–water partition coefficient (Wildman–Crippen LogP) is 3.75. The van der Waals surface area contributed by atoms with Gasteiger partial charge in [0.15, 0.2) is 0 Å². The van der Waals surface area contributed by atoms with Gasteiger partial charge in [-0.15, -0.1) is 0 Å². The average Bonchev–Trinajstić information content (AvgIpc) is 2.54. The minimum absolute atomic E-state index is 0.147. The smallest absolute Gasteiger partial charge is 0.127 e. The van der Waals surface area contributed by atoms with Crippen LogP contribution in [-0.2, 0) is 13.1 Å². The lowest BCUT2D eigenvalue weighted by molar-refractivity contribution is 0.392. The third-order valence-electron chi connectivity index (χ3n) is 3.81. The summed E-state index contributed by atoms with van der Waals surface area (Å²) in [5, 5.41) is 3.47. The number of hydrogen-bond acceptors (Lipinski definition) is 3. The molecule has 1 unspecified atom stereocenters. The van der Waals surface area contributed by atoms with Crippen LogP contribution in [0.3, 0.4) is 0 Å². The summed E-state index contributed by atoms with van der Waals surface area (Å²) in [7, 11) is 5.56. The first-order chi connectivity index (χ1) is 11.0. The molecule has 124 valence electrons. The molecule has 1 atom stereocenters. The highest BCUT2D eigenvalue weighted by Gasteiger charge is 2.11. The molecule has 3 nitrogen and oxygen atoms in total. The minimum Gasteiger partial charge on any atom is -0.496 e. The molecule has 0 aliphatic heterocycles. The maximum Gasteiger partial charge on any atom is 0.127 e. The van der Waals surface area contributed by atoms with Gasteiger partial charge in [0.25, 0.3) is 0 Å². The van der Waals surface area contributed by atoms with Gasteiger partial charge in [0, 0.05) is 30.3 Å². The van der Waals surface area contributed by atoms with Gasteiger partial charge in [-0.3, -0.25) is 0 Å². The molecular weight excluding hydrogens is 291 g/mol. The van der Waals surface area contributed by atoms with E-state index < -0.39 is 0 Å². The van der Waals surface area contributed by atoms with Gasteiger partial charge < -0.3 is 15.0 Å². The summed E-state index contributed by atoms with van der Waals surface area (Å²) < 4.78 is 19.2. The van der Waals surface area contributed by atoms with Crippen LogP contribution in [0.15, 0.2) is 42.5 Å². The average molecular weight is 316 g/mol. The van der Waals surface area contributed by atoms with E-state index >= 15 is 0 Å². The Labute approximate surface area is 138 Å². The van der Waals surface area contributed by atoms with Crippen molar-refractivity contribution in [3.8, 4) is 5.75 Å². The van der Waals surface area contributed by atoms with Gasteiger partial charge in [-0.2, -0.15) is 0 Å². The summed E-state index contributed by atoms with van der Waals surface area (Å²) in [6, 6.07) is 13.4. The van der Waals surface area contributed by atoms with Crippen molar-refractivity contribution in [1.82, 2.24) is 10.2 Å². The van der Waals surface area contributed by atoms with E-state index in [-0.39, 0.29) is 11.9 Å². The van der Waals surface area contributed by atoms with Crippen molar-refractivity contribution >= 4 is 0 Å². The first-order valence-electron chi connectivity index (χ1n) is 7.79. The zero-order valence-corrected chi connectivity index (χ0v) is 14.3. The summed E-state index contributed by atoms with van der Waals surface area (Å²) in [5.41, 5.74) is 2.91. The molecule has 0 aliphatic rings. The number of nitrogens with one attached hydrogen (secondary N) is 1. The fraction of sp³-hybridized carbons (Fsp3) is 0.368. The van der Waals surface area contributed by atoms with Gasteiger partial charge in [0.1, 0.15) is 11.6 Å². The van der Waals surface area contributed by atoms with Crippen LogP contribution in [0.4, 0.5) is 4.39 Å². The molecule has 2 rings (SSSR count). The Morgan fingerprint density at radius 3 is 2.61 bits per heavy atom. The summed E-state index contributed by atoms with van der Waals surface area (Å²) in [6.07, 6.45) is 0. The zero-order chi connectivity index (χ0) is 16.8. The number of methoxy groups -OCH3 is 1. The number of benzene rings is 2. The van der Waals surface area contributed by atoms with E-state index in [0.29, 0.717) is 13.1 Å². The van der Waals surface area contributed by atoms with Crippen molar-refractivity contribution in [3.63, 3.8) is 0 Å². The van der Waals surface area contributed by atoms with Gasteiger partial charge in [-0.1, -0.05) is 30.3 Å². The lowest BCUT2D eigenvalue weighted by Crippen LogP contribution is -2.19. The second-order valence-corrected chi connectivity index (χ2v) is 6.01. The Bertz CT molecular complexity index is 643. The highest BCUT2D eigenvalue weighted by atomic mass is 19.1. The molecule has 23 heavy (non-hydrogen) atoms. The first kappa shape index (κ1) is 17.4. The van der Waals surface area contributed by atoms with Crippen LogP contribution >= 0.6 is 0 Å². The van der Waals surface area contributed by atoms with Crippen LogP contribution in [-0.4, -0.2) is 26.1 Å². The molecule has 0 fully saturated rings. The molecule has 0 aromatic heterocycles. The van der Waals surface area contributed by atoms with Crippen LogP contribution < -0.4 is 10.1 Å². The van der Waals surface area contributed by atoms with E-state index in [2.05, 4.69) is 18.3 Å². The van der Waals surface area contributed by atoms with E-state index in [1.807, 2.05) is 49.3 Å². The Morgan fingerprint density at radius 1 is 1.17 bits per heavy atom. The van der Waals surface area contributed by atoms with E-state index in [1.165, 1.54) is 0 Å². The maximum absolute atomic E-state index is 13.8. The Kier molecular flexibility index (Phi) is 6.13. The van der Waals surface area contributed by atoms with E-state index in [4.69, 9.17) is 4.74 Å². The fourth-order valence-corrected chi connectivity index (χ4v) is 2.60. The molecule has 0 heterocycles. The molecule has 0 radical (unpaired) electrons. The molecule has 0 saturated heterocycles. The van der Waals surface area contributed by atoms with Crippen molar-refractivity contribution in [1.29, 1.82) is 0 Å². The van der Waals surface area contributed by atoms with Crippen LogP contribution in [0.1, 0.15) is 29.7 Å². The van der Waals surface area contributed by atoms with Gasteiger partial charge in [-0.25, -0.2) is 4.39 Å². The second kappa shape index (κ2) is 8.09. The van der Waals surface area contributed by atoms with Crippen LogP contribution in [0, 0.1) is 5.82 Å². The van der Waals surface area contributed by atoms with Gasteiger partial charge in [-0.05, 0) is 38.7 Å². The summed E-state index contributed by atoms with van der Waals surface area (Å²) in [4.78, 5) is 1.97. The van der Waals surface area contributed by atoms with Crippen molar-refractivity contribution in [2.45, 2.75) is 26.1 Å². The lowest BCUT2D eigenvalue weighted by Gasteiger charge is -2.18. The standard InChI is InChI=1S/C19H25FN2O/c1-14(17-7-5-6-8-19(17)23-4)21-12-15-9-10-18(20)16(11-15)13-22(2)3/h5-11,14,21H,12-13H2,1-4H3. The highest BCUT2D eigenvalue weighted by molar-refractivity contribution is 5.35. The Morgan fingerprint density at radius 2 is 1.91 bits per heavy atom. The van der Waals surface area contributed by atoms with Gasteiger partial charge in [0.05, 0.1) is 7.11 Å². The third kappa shape index (κ3) is 4.78. The van der Waals surface area contributed by atoms with Gasteiger partial charge in [0.2, 0.25) is 0 Å². The molecule has 0 spiro atoms. The van der Waals surface area contributed by atoms with Crippen LogP contribution in [0.5, 0.6) is 5.75 Å². The van der Waals surface area contributed by atoms with E-state index in [9.17, 15) is 4.39 Å². The number of halogens is 1. The van der Waals surface area contributed by atoms with Crippen molar-refractivity contribution in [2.75, 3.05) is 21.2 Å². The molecule has 0 aliphatic carbocycles. The first-order valence-corrected chi connectivity index (χ1v) is 7.79. The molecular formula is C19H25FN2O.